The second kappa shape index (κ2) is 9.23. The van der Waals surface area contributed by atoms with Gasteiger partial charge in [0, 0.05) is 40.9 Å². The predicted molar refractivity (Wildman–Crippen MR) is 130 cm³/mol. The van der Waals surface area contributed by atoms with E-state index in [-0.39, 0.29) is 46.0 Å². The Bertz CT molecular complexity index is 1410. The van der Waals surface area contributed by atoms with Crippen molar-refractivity contribution in [3.63, 3.8) is 0 Å². The third-order valence-electron chi connectivity index (χ3n) is 5.77. The van der Waals surface area contributed by atoms with E-state index in [9.17, 15) is 22.8 Å². The summed E-state index contributed by atoms with van der Waals surface area (Å²) in [5.41, 5.74) is 2.89. The molecule has 1 atom stereocenters. The molecule has 7 nitrogen and oxygen atoms in total. The molecule has 0 bridgehead atoms. The highest BCUT2D eigenvalue weighted by Crippen LogP contribution is 2.34. The third-order valence-corrected chi connectivity index (χ3v) is 7.15. The summed E-state index contributed by atoms with van der Waals surface area (Å²) in [6.45, 7) is 3.23. The highest BCUT2D eigenvalue weighted by atomic mass is 32.2. The van der Waals surface area contributed by atoms with Crippen LogP contribution in [0.15, 0.2) is 71.6 Å². The first kappa shape index (κ1) is 23.4. The second-order valence-corrected chi connectivity index (χ2v) is 9.86. The van der Waals surface area contributed by atoms with Gasteiger partial charge in [0.1, 0.15) is 0 Å². The van der Waals surface area contributed by atoms with Crippen LogP contribution in [0.1, 0.15) is 69.4 Å². The van der Waals surface area contributed by atoms with E-state index in [4.69, 9.17) is 0 Å². The van der Waals surface area contributed by atoms with Gasteiger partial charge in [0.15, 0.2) is 17.3 Å². The maximum absolute atomic E-state index is 13.0. The van der Waals surface area contributed by atoms with Crippen molar-refractivity contribution < 1.29 is 22.8 Å². The number of Topliss-reactive ketones (excluding diaryl/α,β-unsaturated/α-hetero) is 3. The molecule has 0 spiro atoms. The van der Waals surface area contributed by atoms with Crippen LogP contribution < -0.4 is 10.0 Å². The highest BCUT2D eigenvalue weighted by Gasteiger charge is 2.28. The number of ketones is 3. The molecule has 1 aliphatic rings. The number of fused-ring (bicyclic) bond motifs is 1. The number of rotatable bonds is 7. The van der Waals surface area contributed by atoms with Gasteiger partial charge in [-0.05, 0) is 48.9 Å². The van der Waals surface area contributed by atoms with Crippen LogP contribution in [-0.2, 0) is 10.0 Å². The largest absolute Gasteiger partial charge is 0.377 e. The van der Waals surface area contributed by atoms with Crippen molar-refractivity contribution in [2.45, 2.75) is 37.6 Å². The average molecular weight is 477 g/mol. The molecule has 0 saturated carbocycles. The molecule has 4 rings (SSSR count). The van der Waals surface area contributed by atoms with Crippen LogP contribution in [0.2, 0.25) is 0 Å². The number of benzene rings is 3. The molecule has 0 amide bonds. The standard InChI is InChI=1S/C26H24N2O5S/c1-3-25(30)19-8-5-9-20(13-19)28-34(32,33)21-10-11-23-22(14-21)26(31)15-24(27-23)18-7-4-6-17(12-18)16(2)29/h4-14,24,27-28H,3,15H2,1-2H3. The first-order valence-electron chi connectivity index (χ1n) is 10.9. The van der Waals surface area contributed by atoms with Gasteiger partial charge in [-0.25, -0.2) is 8.42 Å². The number of carbonyl (C=O) groups excluding carboxylic acids is 3. The predicted octanol–water partition coefficient (Wildman–Crippen LogP) is 5.02. The van der Waals surface area contributed by atoms with Crippen LogP contribution in [-0.4, -0.2) is 25.8 Å². The minimum absolute atomic E-state index is 0.0503. The Kier molecular flexibility index (Phi) is 6.34. The van der Waals surface area contributed by atoms with Crippen molar-refractivity contribution in [2.24, 2.45) is 0 Å². The Balaban J connectivity index is 1.59. The van der Waals surface area contributed by atoms with E-state index in [0.29, 0.717) is 23.2 Å². The molecule has 0 aromatic heterocycles. The number of hydrogen-bond donors (Lipinski definition) is 2. The number of sulfonamides is 1. The minimum atomic E-state index is -3.98. The van der Waals surface area contributed by atoms with Crippen molar-refractivity contribution in [3.05, 3.63) is 89.0 Å². The Morgan fingerprint density at radius 2 is 1.74 bits per heavy atom. The number of carbonyl (C=O) groups is 3. The summed E-state index contributed by atoms with van der Waals surface area (Å²) in [5, 5.41) is 3.28. The molecule has 0 radical (unpaired) electrons. The Morgan fingerprint density at radius 1 is 1.00 bits per heavy atom. The van der Waals surface area contributed by atoms with Crippen molar-refractivity contribution in [2.75, 3.05) is 10.0 Å². The molecule has 174 valence electrons. The lowest BCUT2D eigenvalue weighted by molar-refractivity contribution is 0.0968. The fraction of sp³-hybridized carbons (Fsp3) is 0.192. The van der Waals surface area contributed by atoms with Crippen LogP contribution >= 0.6 is 0 Å². The van der Waals surface area contributed by atoms with Crippen molar-refractivity contribution >= 4 is 38.7 Å². The van der Waals surface area contributed by atoms with Gasteiger partial charge in [-0.2, -0.15) is 0 Å². The van der Waals surface area contributed by atoms with Crippen molar-refractivity contribution in [1.82, 2.24) is 0 Å². The van der Waals surface area contributed by atoms with Crippen LogP contribution in [0.25, 0.3) is 0 Å². The molecule has 1 heterocycles. The number of hydrogen-bond acceptors (Lipinski definition) is 6. The molecule has 0 aliphatic carbocycles. The van der Waals surface area contributed by atoms with Gasteiger partial charge < -0.3 is 5.32 Å². The van der Waals surface area contributed by atoms with Gasteiger partial charge in [0.2, 0.25) is 0 Å². The van der Waals surface area contributed by atoms with Gasteiger partial charge in [-0.3, -0.25) is 19.1 Å². The quantitative estimate of drug-likeness (QED) is 0.463. The summed E-state index contributed by atoms with van der Waals surface area (Å²) in [7, 11) is -3.98. The summed E-state index contributed by atoms with van der Waals surface area (Å²) in [5.74, 6) is -0.342. The van der Waals surface area contributed by atoms with E-state index in [1.165, 1.54) is 25.1 Å². The van der Waals surface area contributed by atoms with Gasteiger partial charge in [-0.1, -0.05) is 37.3 Å². The number of anilines is 2. The number of nitrogens with one attached hydrogen (secondary N) is 2. The van der Waals surface area contributed by atoms with Crippen LogP contribution in [0.3, 0.4) is 0 Å². The molecule has 1 unspecified atom stereocenters. The highest BCUT2D eigenvalue weighted by molar-refractivity contribution is 7.92. The van der Waals surface area contributed by atoms with E-state index in [0.717, 1.165) is 5.56 Å². The lowest BCUT2D eigenvalue weighted by Crippen LogP contribution is -2.24. The fourth-order valence-corrected chi connectivity index (χ4v) is 5.01. The zero-order chi connectivity index (χ0) is 24.5. The summed E-state index contributed by atoms with van der Waals surface area (Å²) < 4.78 is 28.4. The molecule has 2 N–H and O–H groups in total. The summed E-state index contributed by atoms with van der Waals surface area (Å²) in [4.78, 5) is 36.5. The molecule has 8 heteroatoms. The van der Waals surface area contributed by atoms with Crippen LogP contribution in [0.4, 0.5) is 11.4 Å². The molecule has 34 heavy (non-hydrogen) atoms. The smallest absolute Gasteiger partial charge is 0.261 e. The zero-order valence-corrected chi connectivity index (χ0v) is 19.6. The molecule has 0 fully saturated rings. The Labute approximate surface area is 198 Å². The minimum Gasteiger partial charge on any atom is -0.377 e. The molecule has 3 aromatic carbocycles. The van der Waals surface area contributed by atoms with Crippen molar-refractivity contribution in [1.29, 1.82) is 0 Å². The maximum Gasteiger partial charge on any atom is 0.261 e. The zero-order valence-electron chi connectivity index (χ0n) is 18.8. The van der Waals surface area contributed by atoms with E-state index in [1.54, 1.807) is 49.4 Å². The summed E-state index contributed by atoms with van der Waals surface area (Å²) >= 11 is 0. The Hall–Kier alpha value is -3.78. The normalized spacial score (nSPS) is 15.2. The van der Waals surface area contributed by atoms with Crippen molar-refractivity contribution in [3.8, 4) is 0 Å². The summed E-state index contributed by atoms with van der Waals surface area (Å²) in [6, 6.07) is 17.5. The molecule has 3 aromatic rings. The first-order chi connectivity index (χ1) is 16.2. The lowest BCUT2D eigenvalue weighted by Gasteiger charge is -2.27. The van der Waals surface area contributed by atoms with Gasteiger partial charge in [0.25, 0.3) is 10.0 Å². The molecular weight excluding hydrogens is 452 g/mol. The van der Waals surface area contributed by atoms with E-state index < -0.39 is 10.0 Å². The van der Waals surface area contributed by atoms with Gasteiger partial charge in [-0.15, -0.1) is 0 Å². The molecular formula is C26H24N2O5S. The average Bonchev–Trinajstić information content (AvgIpc) is 2.83. The SMILES string of the molecule is CCC(=O)c1cccc(NS(=O)(=O)c2ccc3c(c2)C(=O)CC(c2cccc(C(C)=O)c2)N3)c1. The van der Waals surface area contributed by atoms with Crippen LogP contribution in [0.5, 0.6) is 0 Å². The summed E-state index contributed by atoms with van der Waals surface area (Å²) in [6.07, 6.45) is 0.447. The monoisotopic (exact) mass is 476 g/mol. The van der Waals surface area contributed by atoms with E-state index in [1.807, 2.05) is 6.07 Å². The Morgan fingerprint density at radius 3 is 2.47 bits per heavy atom. The topological polar surface area (TPSA) is 109 Å². The maximum atomic E-state index is 13.0. The third kappa shape index (κ3) is 4.77. The van der Waals surface area contributed by atoms with E-state index in [2.05, 4.69) is 10.0 Å². The van der Waals surface area contributed by atoms with Crippen LogP contribution in [0, 0.1) is 0 Å². The van der Waals surface area contributed by atoms with Gasteiger partial charge in [0.05, 0.1) is 10.9 Å². The molecule has 1 aliphatic heterocycles. The fourth-order valence-electron chi connectivity index (χ4n) is 3.93. The second-order valence-electron chi connectivity index (χ2n) is 8.18. The van der Waals surface area contributed by atoms with Gasteiger partial charge >= 0.3 is 0 Å². The van der Waals surface area contributed by atoms with E-state index >= 15 is 0 Å². The lowest BCUT2D eigenvalue weighted by atomic mass is 9.91. The first-order valence-corrected chi connectivity index (χ1v) is 12.4. The molecule has 0 saturated heterocycles.